The van der Waals surface area contributed by atoms with Crippen molar-refractivity contribution in [1.82, 2.24) is 0 Å². The summed E-state index contributed by atoms with van der Waals surface area (Å²) in [5.41, 5.74) is 7.95. The Bertz CT molecular complexity index is 572. The highest BCUT2D eigenvalue weighted by molar-refractivity contribution is 5.74. The molecule has 1 aromatic rings. The Labute approximate surface area is 161 Å². The molecule has 6 heteroatoms. The molecule has 0 aliphatic rings. The molecule has 152 valence electrons. The normalized spacial score (nSPS) is 16.2. The van der Waals surface area contributed by atoms with Crippen molar-refractivity contribution in [3.05, 3.63) is 47.5 Å². The van der Waals surface area contributed by atoms with Gasteiger partial charge in [0.25, 0.3) is 0 Å². The Balaban J connectivity index is 2.16. The van der Waals surface area contributed by atoms with Crippen molar-refractivity contribution in [1.29, 1.82) is 0 Å². The number of aryl methyl sites for hydroxylation is 2. The number of carbonyl (C=O) groups is 1. The van der Waals surface area contributed by atoms with E-state index in [0.29, 0.717) is 0 Å². The number of allylic oxidation sites excluding steroid dienone is 1. The molecule has 0 spiro atoms. The lowest BCUT2D eigenvalue weighted by molar-refractivity contribution is -0.145. The number of aliphatic carboxylic acids is 1. The lowest BCUT2D eigenvalue weighted by Crippen LogP contribution is -2.51. The number of unbranched alkanes of at least 4 members (excludes halogenated alkanes) is 3. The van der Waals surface area contributed by atoms with Gasteiger partial charge in [-0.3, -0.25) is 4.79 Å². The summed E-state index contributed by atoms with van der Waals surface area (Å²) in [6, 6.07) is 7.11. The van der Waals surface area contributed by atoms with Gasteiger partial charge in [0.05, 0.1) is 6.10 Å². The fourth-order valence-electron chi connectivity index (χ4n) is 2.79. The minimum absolute atomic E-state index is 0.133. The summed E-state index contributed by atoms with van der Waals surface area (Å²) in [5.74, 6) is -1.43. The number of rotatable bonds is 13. The largest absolute Gasteiger partial charge is 0.480 e. The Hall–Kier alpha value is -1.73. The third-order valence-corrected chi connectivity index (χ3v) is 4.71. The summed E-state index contributed by atoms with van der Waals surface area (Å²) in [4.78, 5) is 10.7. The van der Waals surface area contributed by atoms with E-state index in [9.17, 15) is 20.1 Å². The summed E-state index contributed by atoms with van der Waals surface area (Å²) >= 11 is 0. The van der Waals surface area contributed by atoms with E-state index in [1.165, 1.54) is 11.1 Å². The first-order chi connectivity index (χ1) is 12.9. The molecule has 0 aliphatic carbocycles. The average Bonchev–Trinajstić information content (AvgIpc) is 2.68. The van der Waals surface area contributed by atoms with Crippen LogP contribution in [0.2, 0.25) is 0 Å². The van der Waals surface area contributed by atoms with Crippen molar-refractivity contribution >= 4 is 5.97 Å². The summed E-state index contributed by atoms with van der Waals surface area (Å²) in [5, 5.41) is 37.9. The number of hydrogen-bond donors (Lipinski definition) is 5. The zero-order valence-corrected chi connectivity index (χ0v) is 16.0. The molecule has 4 unspecified atom stereocenters. The van der Waals surface area contributed by atoms with Crippen LogP contribution in [0, 0.1) is 0 Å². The summed E-state index contributed by atoms with van der Waals surface area (Å²) in [6.07, 6.45) is 5.50. The topological polar surface area (TPSA) is 124 Å². The van der Waals surface area contributed by atoms with E-state index in [4.69, 9.17) is 10.8 Å². The maximum absolute atomic E-state index is 10.7. The lowest BCUT2D eigenvalue weighted by Gasteiger charge is -2.24. The molecule has 6 N–H and O–H groups in total. The molecule has 0 saturated carbocycles. The van der Waals surface area contributed by atoms with Crippen LogP contribution in [0.1, 0.15) is 50.2 Å². The van der Waals surface area contributed by atoms with E-state index in [0.717, 1.165) is 38.5 Å². The third-order valence-electron chi connectivity index (χ3n) is 4.71. The molecular weight excluding hydrogens is 346 g/mol. The Morgan fingerprint density at radius 2 is 1.63 bits per heavy atom. The highest BCUT2D eigenvalue weighted by atomic mass is 16.4. The second kappa shape index (κ2) is 12.6. The van der Waals surface area contributed by atoms with Gasteiger partial charge in [0, 0.05) is 0 Å². The first-order valence-electron chi connectivity index (χ1n) is 9.62. The van der Waals surface area contributed by atoms with E-state index < -0.39 is 30.3 Å². The second-order valence-corrected chi connectivity index (χ2v) is 6.89. The van der Waals surface area contributed by atoms with Gasteiger partial charge in [0.2, 0.25) is 0 Å². The molecule has 6 nitrogen and oxygen atoms in total. The quantitative estimate of drug-likeness (QED) is 0.263. The maximum Gasteiger partial charge on any atom is 0.323 e. The molecule has 27 heavy (non-hydrogen) atoms. The van der Waals surface area contributed by atoms with E-state index in [1.807, 2.05) is 6.08 Å². The van der Waals surface area contributed by atoms with Crippen LogP contribution in [-0.2, 0) is 17.6 Å². The van der Waals surface area contributed by atoms with Gasteiger partial charge in [-0.25, -0.2) is 0 Å². The minimum Gasteiger partial charge on any atom is -0.480 e. The summed E-state index contributed by atoms with van der Waals surface area (Å²) in [7, 11) is 0. The fraction of sp³-hybridized carbons (Fsp3) is 0.571. The van der Waals surface area contributed by atoms with E-state index in [-0.39, 0.29) is 6.42 Å². The standard InChI is InChI=1S/C21H33NO5/c1-2-15-11-13-16(14-12-15)9-7-5-3-4-6-8-10-17(23)19(24)20(25)18(22)21(26)27/h6,8,11-14,17-20,23-25H,2-5,7,9-10,22H2,1H3,(H,26,27). The molecule has 0 saturated heterocycles. The summed E-state index contributed by atoms with van der Waals surface area (Å²) in [6.45, 7) is 2.15. The third kappa shape index (κ3) is 8.67. The first-order valence-corrected chi connectivity index (χ1v) is 9.62. The van der Waals surface area contributed by atoms with Crippen molar-refractivity contribution in [2.75, 3.05) is 0 Å². The van der Waals surface area contributed by atoms with Gasteiger partial charge in [-0.1, -0.05) is 49.8 Å². The number of aliphatic hydroxyl groups is 3. The molecule has 0 amide bonds. The van der Waals surface area contributed by atoms with Gasteiger partial charge in [-0.15, -0.1) is 0 Å². The molecule has 0 aliphatic heterocycles. The zero-order valence-electron chi connectivity index (χ0n) is 16.0. The van der Waals surface area contributed by atoms with Gasteiger partial charge in [-0.2, -0.15) is 0 Å². The van der Waals surface area contributed by atoms with E-state index >= 15 is 0 Å². The van der Waals surface area contributed by atoms with Gasteiger partial charge in [0.15, 0.2) is 0 Å². The highest BCUT2D eigenvalue weighted by Gasteiger charge is 2.32. The average molecular weight is 379 g/mol. The van der Waals surface area contributed by atoms with Crippen molar-refractivity contribution in [2.24, 2.45) is 5.73 Å². The van der Waals surface area contributed by atoms with Crippen LogP contribution in [0.5, 0.6) is 0 Å². The van der Waals surface area contributed by atoms with Crippen LogP contribution in [-0.4, -0.2) is 50.7 Å². The van der Waals surface area contributed by atoms with E-state index in [1.54, 1.807) is 6.08 Å². The lowest BCUT2D eigenvalue weighted by atomic mass is 9.99. The number of nitrogens with two attached hydrogens (primary N) is 1. The van der Waals surface area contributed by atoms with Crippen LogP contribution in [0.15, 0.2) is 36.4 Å². The molecule has 0 aromatic heterocycles. The fourth-order valence-corrected chi connectivity index (χ4v) is 2.79. The van der Waals surface area contributed by atoms with Crippen LogP contribution in [0.3, 0.4) is 0 Å². The maximum atomic E-state index is 10.7. The molecule has 0 heterocycles. The van der Waals surface area contributed by atoms with Crippen molar-refractivity contribution in [3.8, 4) is 0 Å². The molecule has 1 rings (SSSR count). The number of hydrogen-bond acceptors (Lipinski definition) is 5. The number of aliphatic hydroxyl groups excluding tert-OH is 3. The van der Waals surface area contributed by atoms with Crippen LogP contribution < -0.4 is 5.73 Å². The summed E-state index contributed by atoms with van der Waals surface area (Å²) < 4.78 is 0. The number of carboxylic acids is 1. The van der Waals surface area contributed by atoms with Gasteiger partial charge in [0.1, 0.15) is 18.2 Å². The smallest absolute Gasteiger partial charge is 0.323 e. The Kier molecular flexibility index (Phi) is 10.9. The van der Waals surface area contributed by atoms with Crippen LogP contribution in [0.4, 0.5) is 0 Å². The number of carboxylic acid groups (broad SMARTS) is 1. The van der Waals surface area contributed by atoms with Gasteiger partial charge >= 0.3 is 5.97 Å². The van der Waals surface area contributed by atoms with Crippen molar-refractivity contribution in [2.45, 2.75) is 76.2 Å². The SMILES string of the molecule is CCc1ccc(CCCCCC=CCC(O)C(O)C(O)C(N)C(=O)O)cc1. The molecule has 1 aromatic carbocycles. The Morgan fingerprint density at radius 1 is 1.00 bits per heavy atom. The van der Waals surface area contributed by atoms with Gasteiger partial charge in [-0.05, 0) is 49.7 Å². The first kappa shape index (κ1) is 23.3. The predicted molar refractivity (Wildman–Crippen MR) is 105 cm³/mol. The van der Waals surface area contributed by atoms with Crippen LogP contribution >= 0.6 is 0 Å². The molecule has 0 bridgehead atoms. The monoisotopic (exact) mass is 379 g/mol. The molecule has 4 atom stereocenters. The molecule has 0 fully saturated rings. The minimum atomic E-state index is -1.71. The van der Waals surface area contributed by atoms with Crippen molar-refractivity contribution < 1.29 is 25.2 Å². The highest BCUT2D eigenvalue weighted by Crippen LogP contribution is 2.11. The molecular formula is C21H33NO5. The Morgan fingerprint density at radius 3 is 2.22 bits per heavy atom. The molecule has 0 radical (unpaired) electrons. The number of benzene rings is 1. The van der Waals surface area contributed by atoms with Crippen molar-refractivity contribution in [3.63, 3.8) is 0 Å². The zero-order chi connectivity index (χ0) is 20.2. The van der Waals surface area contributed by atoms with E-state index in [2.05, 4.69) is 31.2 Å². The van der Waals surface area contributed by atoms with Gasteiger partial charge < -0.3 is 26.2 Å². The predicted octanol–water partition coefficient (Wildman–Crippen LogP) is 1.79. The van der Waals surface area contributed by atoms with Crippen LogP contribution in [0.25, 0.3) is 0 Å². The second-order valence-electron chi connectivity index (χ2n) is 6.89.